The lowest BCUT2D eigenvalue weighted by atomic mass is 10.0. The van der Waals surface area contributed by atoms with E-state index in [1.165, 1.54) is 0 Å². The van der Waals surface area contributed by atoms with E-state index in [4.69, 9.17) is 23.2 Å². The summed E-state index contributed by atoms with van der Waals surface area (Å²) in [6, 6.07) is 5.20. The molecular formula is C12H14BrCl2NO. The minimum absolute atomic E-state index is 0.131. The fourth-order valence-electron chi connectivity index (χ4n) is 1.21. The Balaban J connectivity index is 3.05. The number of carbonyl (C=O) groups excluding carboxylic acids is 1. The lowest BCUT2D eigenvalue weighted by Crippen LogP contribution is -2.46. The molecule has 1 rings (SSSR count). The number of alkyl halides is 1. The Morgan fingerprint density at radius 1 is 1.47 bits per heavy atom. The maximum atomic E-state index is 12.2. The zero-order valence-electron chi connectivity index (χ0n) is 9.93. The van der Waals surface area contributed by atoms with Crippen LogP contribution in [0.25, 0.3) is 0 Å². The molecule has 0 bridgehead atoms. The van der Waals surface area contributed by atoms with Gasteiger partial charge in [0.2, 0.25) is 0 Å². The normalized spacial score (nSPS) is 11.4. The second kappa shape index (κ2) is 5.59. The van der Waals surface area contributed by atoms with Gasteiger partial charge >= 0.3 is 0 Å². The molecule has 0 aliphatic rings. The number of hydrogen-bond acceptors (Lipinski definition) is 1. The number of benzene rings is 1. The Morgan fingerprint density at radius 2 is 2.06 bits per heavy atom. The van der Waals surface area contributed by atoms with Crippen LogP contribution in [0.15, 0.2) is 22.7 Å². The summed E-state index contributed by atoms with van der Waals surface area (Å²) in [4.78, 5) is 13.9. The molecule has 1 aromatic carbocycles. The molecular weight excluding hydrogens is 325 g/mol. The zero-order valence-corrected chi connectivity index (χ0v) is 13.0. The lowest BCUT2D eigenvalue weighted by Gasteiger charge is -2.34. The summed E-state index contributed by atoms with van der Waals surface area (Å²) in [6.07, 6.45) is 0. The summed E-state index contributed by atoms with van der Waals surface area (Å²) >= 11 is 15.2. The first kappa shape index (κ1) is 14.8. The molecule has 94 valence electrons. The monoisotopic (exact) mass is 337 g/mol. The van der Waals surface area contributed by atoms with Gasteiger partial charge in [-0.05, 0) is 32.0 Å². The molecule has 0 unspecified atom stereocenters. The number of rotatable bonds is 3. The molecule has 0 atom stereocenters. The molecule has 1 aromatic rings. The molecule has 0 aromatic heterocycles. The van der Waals surface area contributed by atoms with Crippen LogP contribution in [0.2, 0.25) is 5.02 Å². The molecule has 1 amide bonds. The van der Waals surface area contributed by atoms with Gasteiger partial charge < -0.3 is 4.90 Å². The number of hydrogen-bond donors (Lipinski definition) is 0. The Kier molecular flexibility index (Phi) is 4.87. The quantitative estimate of drug-likeness (QED) is 0.756. The first-order valence-corrected chi connectivity index (χ1v) is 6.79. The van der Waals surface area contributed by atoms with E-state index in [1.54, 1.807) is 30.1 Å². The van der Waals surface area contributed by atoms with Crippen molar-refractivity contribution < 1.29 is 4.79 Å². The van der Waals surface area contributed by atoms with Gasteiger partial charge in [-0.1, -0.05) is 27.5 Å². The fraction of sp³-hybridized carbons (Fsp3) is 0.417. The van der Waals surface area contributed by atoms with Crippen molar-refractivity contribution in [3.8, 4) is 0 Å². The summed E-state index contributed by atoms with van der Waals surface area (Å²) in [6.45, 7) is 3.81. The molecule has 0 heterocycles. The van der Waals surface area contributed by atoms with E-state index in [9.17, 15) is 4.79 Å². The van der Waals surface area contributed by atoms with Crippen molar-refractivity contribution >= 4 is 45.0 Å². The molecule has 17 heavy (non-hydrogen) atoms. The van der Waals surface area contributed by atoms with Gasteiger partial charge in [-0.15, -0.1) is 11.6 Å². The van der Waals surface area contributed by atoms with Gasteiger partial charge in [0.15, 0.2) is 0 Å². The molecule has 0 aliphatic heterocycles. The minimum atomic E-state index is -0.408. The summed E-state index contributed by atoms with van der Waals surface area (Å²) in [7, 11) is 1.73. The Hall–Kier alpha value is -0.250. The van der Waals surface area contributed by atoms with E-state index in [2.05, 4.69) is 15.9 Å². The van der Waals surface area contributed by atoms with E-state index in [-0.39, 0.29) is 5.91 Å². The van der Waals surface area contributed by atoms with Crippen molar-refractivity contribution in [3.63, 3.8) is 0 Å². The van der Waals surface area contributed by atoms with Crippen LogP contribution in [0.1, 0.15) is 24.2 Å². The van der Waals surface area contributed by atoms with Crippen LogP contribution in [0, 0.1) is 0 Å². The van der Waals surface area contributed by atoms with Crippen molar-refractivity contribution in [2.45, 2.75) is 19.4 Å². The van der Waals surface area contributed by atoms with Crippen LogP contribution in [-0.4, -0.2) is 29.3 Å². The highest BCUT2D eigenvalue weighted by Crippen LogP contribution is 2.25. The third-order valence-corrected chi connectivity index (χ3v) is 4.16. The fourth-order valence-corrected chi connectivity index (χ4v) is 2.14. The highest BCUT2D eigenvalue weighted by Gasteiger charge is 2.28. The van der Waals surface area contributed by atoms with Gasteiger partial charge in [0.25, 0.3) is 5.91 Å². The number of nitrogens with zero attached hydrogens (tertiary/aromatic N) is 1. The Labute approximate surface area is 120 Å². The first-order valence-electron chi connectivity index (χ1n) is 5.09. The summed E-state index contributed by atoms with van der Waals surface area (Å²) < 4.78 is 0.846. The SMILES string of the molecule is CN(C(=O)c1ccc(Br)cc1Cl)C(C)(C)CCl. The molecule has 5 heteroatoms. The molecule has 0 saturated carbocycles. The molecule has 0 spiro atoms. The van der Waals surface area contributed by atoms with Gasteiger partial charge in [0, 0.05) is 17.4 Å². The second-order valence-electron chi connectivity index (χ2n) is 4.43. The van der Waals surface area contributed by atoms with Gasteiger partial charge in [-0.3, -0.25) is 4.79 Å². The van der Waals surface area contributed by atoms with Crippen molar-refractivity contribution in [3.05, 3.63) is 33.3 Å². The number of halogens is 3. The largest absolute Gasteiger partial charge is 0.335 e. The van der Waals surface area contributed by atoms with Crippen molar-refractivity contribution in [2.24, 2.45) is 0 Å². The first-order chi connectivity index (χ1) is 7.79. The molecule has 0 fully saturated rings. The highest BCUT2D eigenvalue weighted by atomic mass is 79.9. The Morgan fingerprint density at radius 3 is 2.53 bits per heavy atom. The van der Waals surface area contributed by atoms with Crippen LogP contribution in [0.3, 0.4) is 0 Å². The third-order valence-electron chi connectivity index (χ3n) is 2.70. The molecule has 2 nitrogen and oxygen atoms in total. The van der Waals surface area contributed by atoms with Crippen molar-refractivity contribution in [2.75, 3.05) is 12.9 Å². The molecule has 0 saturated heterocycles. The van der Waals surface area contributed by atoms with Crippen LogP contribution >= 0.6 is 39.1 Å². The standard InChI is InChI=1S/C12H14BrCl2NO/c1-12(2,7-14)16(3)11(17)9-5-4-8(13)6-10(9)15/h4-6H,7H2,1-3H3. The lowest BCUT2D eigenvalue weighted by molar-refractivity contribution is 0.0660. The van der Waals surface area contributed by atoms with Gasteiger partial charge in [-0.2, -0.15) is 0 Å². The van der Waals surface area contributed by atoms with Crippen LogP contribution in [0.5, 0.6) is 0 Å². The van der Waals surface area contributed by atoms with E-state index < -0.39 is 5.54 Å². The van der Waals surface area contributed by atoms with Crippen LogP contribution < -0.4 is 0 Å². The zero-order chi connectivity index (χ0) is 13.2. The van der Waals surface area contributed by atoms with E-state index in [1.807, 2.05) is 13.8 Å². The summed E-state index contributed by atoms with van der Waals surface area (Å²) in [5, 5.41) is 0.432. The number of amides is 1. The Bertz CT molecular complexity index is 435. The van der Waals surface area contributed by atoms with Crippen LogP contribution in [-0.2, 0) is 0 Å². The van der Waals surface area contributed by atoms with E-state index in [0.717, 1.165) is 4.47 Å². The van der Waals surface area contributed by atoms with Gasteiger partial charge in [-0.25, -0.2) is 0 Å². The second-order valence-corrected chi connectivity index (χ2v) is 6.02. The smallest absolute Gasteiger partial charge is 0.255 e. The summed E-state index contributed by atoms with van der Waals surface area (Å²) in [5.74, 6) is 0.233. The third kappa shape index (κ3) is 3.36. The van der Waals surface area contributed by atoms with E-state index in [0.29, 0.717) is 16.5 Å². The van der Waals surface area contributed by atoms with E-state index >= 15 is 0 Å². The topological polar surface area (TPSA) is 20.3 Å². The minimum Gasteiger partial charge on any atom is -0.335 e. The maximum absolute atomic E-state index is 12.2. The predicted molar refractivity (Wildman–Crippen MR) is 76.0 cm³/mol. The molecule has 0 aliphatic carbocycles. The summed E-state index contributed by atoms with van der Waals surface area (Å²) in [5.41, 5.74) is 0.0743. The van der Waals surface area contributed by atoms with Crippen molar-refractivity contribution in [1.29, 1.82) is 0 Å². The molecule has 0 N–H and O–H groups in total. The predicted octanol–water partition coefficient (Wildman–Crippen LogP) is 4.19. The maximum Gasteiger partial charge on any atom is 0.255 e. The average Bonchev–Trinajstić information content (AvgIpc) is 2.27. The van der Waals surface area contributed by atoms with Crippen LogP contribution in [0.4, 0.5) is 0 Å². The number of carbonyl (C=O) groups is 1. The van der Waals surface area contributed by atoms with Crippen molar-refractivity contribution in [1.82, 2.24) is 4.90 Å². The highest BCUT2D eigenvalue weighted by molar-refractivity contribution is 9.10. The average molecular weight is 339 g/mol. The van der Waals surface area contributed by atoms with Gasteiger partial charge in [0.1, 0.15) is 0 Å². The molecule has 0 radical (unpaired) electrons. The van der Waals surface area contributed by atoms with Gasteiger partial charge in [0.05, 0.1) is 16.1 Å².